The van der Waals surface area contributed by atoms with E-state index in [1.807, 2.05) is 17.9 Å². The van der Waals surface area contributed by atoms with Gasteiger partial charge >= 0.3 is 6.18 Å². The van der Waals surface area contributed by atoms with Gasteiger partial charge in [0.2, 0.25) is 0 Å². The predicted molar refractivity (Wildman–Crippen MR) is 110 cm³/mol. The van der Waals surface area contributed by atoms with Crippen molar-refractivity contribution < 1.29 is 13.2 Å². The Morgan fingerprint density at radius 3 is 2.77 bits per heavy atom. The maximum Gasteiger partial charge on any atom is 0.393 e. The summed E-state index contributed by atoms with van der Waals surface area (Å²) >= 11 is 1.11. The Morgan fingerprint density at radius 2 is 2.00 bits per heavy atom. The van der Waals surface area contributed by atoms with Crippen molar-refractivity contribution >= 4 is 27.4 Å². The summed E-state index contributed by atoms with van der Waals surface area (Å²) in [5.41, 5.74) is 1.43. The minimum Gasteiger partial charge on any atom is -0.355 e. The van der Waals surface area contributed by atoms with E-state index in [4.69, 9.17) is 0 Å². The molecule has 0 radical (unpaired) electrons. The van der Waals surface area contributed by atoms with Gasteiger partial charge in [0, 0.05) is 55.3 Å². The molecule has 0 aromatic carbocycles. The van der Waals surface area contributed by atoms with Gasteiger partial charge in [-0.25, -0.2) is 9.97 Å². The molecule has 2 aliphatic rings. The molecule has 0 saturated carbocycles. The molecular weight excluding hydrogens is 413 g/mol. The molecule has 0 unspecified atom stereocenters. The van der Waals surface area contributed by atoms with Crippen LogP contribution in [0.4, 0.5) is 19.0 Å². The number of rotatable bonds is 4. The van der Waals surface area contributed by atoms with Crippen molar-refractivity contribution in [2.45, 2.75) is 32.0 Å². The summed E-state index contributed by atoms with van der Waals surface area (Å²) in [6, 6.07) is 1.62. The second-order valence-electron chi connectivity index (χ2n) is 8.58. The number of nitrogens with zero attached hydrogens (tertiary/aromatic N) is 6. The summed E-state index contributed by atoms with van der Waals surface area (Å²) in [7, 11) is 1.93. The number of aromatic nitrogens is 4. The summed E-state index contributed by atoms with van der Waals surface area (Å²) in [4.78, 5) is 14.3. The Labute approximate surface area is 176 Å². The van der Waals surface area contributed by atoms with Crippen LogP contribution in [0.3, 0.4) is 0 Å². The van der Waals surface area contributed by atoms with Crippen LogP contribution in [0.5, 0.6) is 0 Å². The largest absolute Gasteiger partial charge is 0.393 e. The summed E-state index contributed by atoms with van der Waals surface area (Å²) in [6.45, 7) is 4.73. The van der Waals surface area contributed by atoms with Crippen LogP contribution in [0.2, 0.25) is 0 Å². The minimum atomic E-state index is -4.21. The van der Waals surface area contributed by atoms with Crippen molar-refractivity contribution in [1.82, 2.24) is 24.6 Å². The first-order valence-corrected chi connectivity index (χ1v) is 10.9. The van der Waals surface area contributed by atoms with Crippen LogP contribution in [0.25, 0.3) is 10.2 Å². The highest BCUT2D eigenvalue weighted by atomic mass is 32.1. The zero-order chi connectivity index (χ0) is 20.9. The van der Waals surface area contributed by atoms with Gasteiger partial charge in [0.05, 0.1) is 18.0 Å². The van der Waals surface area contributed by atoms with Crippen molar-refractivity contribution in [3.8, 4) is 0 Å². The van der Waals surface area contributed by atoms with Gasteiger partial charge in [0.25, 0.3) is 0 Å². The molecule has 5 heterocycles. The van der Waals surface area contributed by atoms with Gasteiger partial charge < -0.3 is 4.90 Å². The lowest BCUT2D eigenvalue weighted by Gasteiger charge is -2.25. The van der Waals surface area contributed by atoms with Gasteiger partial charge in [-0.2, -0.15) is 18.3 Å². The topological polar surface area (TPSA) is 50.1 Å². The number of halogens is 3. The zero-order valence-corrected chi connectivity index (χ0v) is 17.5. The van der Waals surface area contributed by atoms with Crippen molar-refractivity contribution in [3.05, 3.63) is 35.2 Å². The maximum absolute atomic E-state index is 12.8. The number of thiophene rings is 1. The number of anilines is 1. The lowest BCUT2D eigenvalue weighted by Crippen LogP contribution is -2.31. The Hall–Kier alpha value is -2.20. The van der Waals surface area contributed by atoms with Gasteiger partial charge in [-0.15, -0.1) is 11.3 Å². The van der Waals surface area contributed by atoms with E-state index >= 15 is 0 Å². The lowest BCUT2D eigenvalue weighted by atomic mass is 9.86. The van der Waals surface area contributed by atoms with Crippen molar-refractivity contribution in [1.29, 1.82) is 0 Å². The van der Waals surface area contributed by atoms with Crippen LogP contribution in [0, 0.1) is 5.41 Å². The third-order valence-corrected chi connectivity index (χ3v) is 7.20. The summed E-state index contributed by atoms with van der Waals surface area (Å²) in [5, 5.41) is 4.99. The molecule has 0 bridgehead atoms. The molecule has 2 aliphatic heterocycles. The average molecular weight is 437 g/mol. The summed E-state index contributed by atoms with van der Waals surface area (Å²) in [6.07, 6.45) is 2.51. The first-order valence-electron chi connectivity index (χ1n) is 10.0. The highest BCUT2D eigenvalue weighted by molar-refractivity contribution is 7.18. The Bertz CT molecular complexity index is 1060. The monoisotopic (exact) mass is 436 g/mol. The van der Waals surface area contributed by atoms with Crippen molar-refractivity contribution in [3.63, 3.8) is 0 Å². The maximum atomic E-state index is 12.8. The highest BCUT2D eigenvalue weighted by Crippen LogP contribution is 2.43. The van der Waals surface area contributed by atoms with E-state index in [1.165, 1.54) is 11.9 Å². The summed E-state index contributed by atoms with van der Waals surface area (Å²) < 4.78 is 40.3. The van der Waals surface area contributed by atoms with Crippen LogP contribution in [-0.2, 0) is 20.0 Å². The molecule has 0 N–H and O–H groups in total. The van der Waals surface area contributed by atoms with E-state index in [-0.39, 0.29) is 10.3 Å². The van der Waals surface area contributed by atoms with Gasteiger partial charge in [-0.1, -0.05) is 0 Å². The van der Waals surface area contributed by atoms with Gasteiger partial charge in [-0.05, 0) is 25.5 Å². The fourth-order valence-corrected chi connectivity index (χ4v) is 5.87. The Kier molecular flexibility index (Phi) is 4.73. The fraction of sp³-hybridized carbons (Fsp3) is 0.550. The van der Waals surface area contributed by atoms with Gasteiger partial charge in [0.15, 0.2) is 0 Å². The van der Waals surface area contributed by atoms with Gasteiger partial charge in [-0.3, -0.25) is 9.58 Å². The first-order chi connectivity index (χ1) is 14.3. The SMILES string of the molecule is Cn1cc(CN2CC[C@@]3(CCN(c4ncnc5sc(CC(F)(F)F)cc45)C3)C2)cn1. The van der Waals surface area contributed by atoms with E-state index in [1.54, 1.807) is 6.07 Å². The van der Waals surface area contributed by atoms with Crippen LogP contribution >= 0.6 is 11.3 Å². The minimum absolute atomic E-state index is 0.213. The molecule has 1 spiro atoms. The lowest BCUT2D eigenvalue weighted by molar-refractivity contribution is -0.126. The molecule has 2 saturated heterocycles. The molecule has 3 aromatic rings. The fourth-order valence-electron chi connectivity index (χ4n) is 4.85. The predicted octanol–water partition coefficient (Wildman–Crippen LogP) is 3.63. The van der Waals surface area contributed by atoms with Crippen LogP contribution in [-0.4, -0.2) is 57.0 Å². The number of likely N-dealkylation sites (tertiary alicyclic amines) is 1. The number of hydrogen-bond donors (Lipinski definition) is 0. The van der Waals surface area contributed by atoms with E-state index < -0.39 is 12.6 Å². The molecular formula is C20H23F3N6S. The standard InChI is InChI=1S/C20H23F3N6S/c1-27-9-14(8-26-27)10-28-4-2-19(11-28)3-5-29(12-19)17-16-6-15(7-20(21,22)23)30-18(16)25-13-24-17/h6,8-9,13H,2-5,7,10-12H2,1H3/t19-/m1/s1. The molecule has 0 aliphatic carbocycles. The third-order valence-electron chi connectivity index (χ3n) is 6.15. The second-order valence-corrected chi connectivity index (χ2v) is 9.69. The zero-order valence-electron chi connectivity index (χ0n) is 16.7. The molecule has 0 amide bonds. The third kappa shape index (κ3) is 3.90. The molecule has 1 atom stereocenters. The van der Waals surface area contributed by atoms with Crippen LogP contribution < -0.4 is 4.90 Å². The van der Waals surface area contributed by atoms with Crippen LogP contribution in [0.15, 0.2) is 24.8 Å². The van der Waals surface area contributed by atoms with E-state index in [9.17, 15) is 13.2 Å². The quantitative estimate of drug-likeness (QED) is 0.625. The number of alkyl halides is 3. The molecule has 160 valence electrons. The van der Waals surface area contributed by atoms with Crippen LogP contribution in [0.1, 0.15) is 23.3 Å². The molecule has 6 nitrogen and oxygen atoms in total. The smallest absolute Gasteiger partial charge is 0.355 e. The van der Waals surface area contributed by atoms with E-state index in [2.05, 4.69) is 31.1 Å². The number of hydrogen-bond acceptors (Lipinski definition) is 6. The van der Waals surface area contributed by atoms with E-state index in [0.717, 1.165) is 68.1 Å². The van der Waals surface area contributed by atoms with Crippen molar-refractivity contribution in [2.75, 3.05) is 31.1 Å². The van der Waals surface area contributed by atoms with E-state index in [0.29, 0.717) is 4.83 Å². The van der Waals surface area contributed by atoms with Crippen molar-refractivity contribution in [2.24, 2.45) is 12.5 Å². The highest BCUT2D eigenvalue weighted by Gasteiger charge is 2.44. The number of aryl methyl sites for hydroxylation is 1. The Balaban J connectivity index is 1.31. The first kappa shape index (κ1) is 19.7. The molecule has 30 heavy (non-hydrogen) atoms. The molecule has 10 heteroatoms. The summed E-state index contributed by atoms with van der Waals surface area (Å²) in [5.74, 6) is 0.771. The normalized spacial score (nSPS) is 22.7. The molecule has 5 rings (SSSR count). The van der Waals surface area contributed by atoms with Gasteiger partial charge in [0.1, 0.15) is 17.0 Å². The average Bonchev–Trinajstić information content (AvgIpc) is 3.43. The molecule has 2 fully saturated rings. The number of fused-ring (bicyclic) bond motifs is 1. The Morgan fingerprint density at radius 1 is 1.17 bits per heavy atom. The second kappa shape index (κ2) is 7.19. The molecule has 3 aromatic heterocycles.